The molecule has 5 heteroatoms. The molecular weight excluding hydrogens is 206 g/mol. The van der Waals surface area contributed by atoms with Gasteiger partial charge in [0.25, 0.3) is 0 Å². The van der Waals surface area contributed by atoms with E-state index in [1.807, 2.05) is 0 Å². The second kappa shape index (κ2) is 3.92. The predicted molar refractivity (Wildman–Crippen MR) is 48.0 cm³/mol. The Bertz CT molecular complexity index is 388. The summed E-state index contributed by atoms with van der Waals surface area (Å²) in [7, 11) is 0. The van der Waals surface area contributed by atoms with Crippen LogP contribution in [0, 0.1) is 6.92 Å². The minimum atomic E-state index is -3.47. The van der Waals surface area contributed by atoms with Crippen molar-refractivity contribution in [3.8, 4) is 0 Å². The van der Waals surface area contributed by atoms with E-state index in [1.54, 1.807) is 6.92 Å². The summed E-state index contributed by atoms with van der Waals surface area (Å²) in [5.41, 5.74) is 0. The van der Waals surface area contributed by atoms with E-state index in [-0.39, 0.29) is 5.76 Å². The number of hydrogen-bond donors (Lipinski definition) is 0. The average Bonchev–Trinajstić information content (AvgIpc) is 2.50. The Morgan fingerprint density at radius 1 is 1.40 bits per heavy atom. The molecule has 1 aromatic rings. The number of rotatable bonds is 4. The van der Waals surface area contributed by atoms with Gasteiger partial charge in [-0.2, -0.15) is 8.78 Å². The molecule has 0 radical (unpaired) electrons. The summed E-state index contributed by atoms with van der Waals surface area (Å²) in [6.45, 7) is 2.09. The highest BCUT2D eigenvalue weighted by Crippen LogP contribution is 2.17. The zero-order valence-electron chi connectivity index (χ0n) is 8.34. The largest absolute Gasteiger partial charge is 0.458 e. The summed E-state index contributed by atoms with van der Waals surface area (Å²) >= 11 is 0. The van der Waals surface area contributed by atoms with Gasteiger partial charge < -0.3 is 4.42 Å². The van der Waals surface area contributed by atoms with E-state index < -0.39 is 23.9 Å². The minimum absolute atomic E-state index is 0.0647. The first-order chi connectivity index (χ1) is 6.80. The smallest absolute Gasteiger partial charge is 0.303 e. The summed E-state index contributed by atoms with van der Waals surface area (Å²) in [6, 6.07) is 2.89. The van der Waals surface area contributed by atoms with E-state index >= 15 is 0 Å². The number of carbonyl (C=O) groups excluding carboxylic acids is 2. The van der Waals surface area contributed by atoms with Gasteiger partial charge in [-0.3, -0.25) is 9.59 Å². The van der Waals surface area contributed by atoms with Gasteiger partial charge in [-0.05, 0) is 19.1 Å². The molecule has 0 aliphatic carbocycles. The Kier molecular flexibility index (Phi) is 3.02. The Morgan fingerprint density at radius 2 is 2.00 bits per heavy atom. The summed E-state index contributed by atoms with van der Waals surface area (Å²) in [6.07, 6.45) is -0.837. The molecular formula is C10H10F2O3. The molecule has 0 aromatic carbocycles. The van der Waals surface area contributed by atoms with E-state index in [4.69, 9.17) is 4.42 Å². The molecule has 0 unspecified atom stereocenters. The van der Waals surface area contributed by atoms with Crippen molar-refractivity contribution in [2.45, 2.75) is 26.2 Å². The van der Waals surface area contributed by atoms with Crippen LogP contribution in [0.2, 0.25) is 0 Å². The van der Waals surface area contributed by atoms with Crippen molar-refractivity contribution in [3.63, 3.8) is 0 Å². The first-order valence-electron chi connectivity index (χ1n) is 4.31. The van der Waals surface area contributed by atoms with Gasteiger partial charge in [0, 0.05) is 6.92 Å². The number of halogens is 2. The van der Waals surface area contributed by atoms with Crippen molar-refractivity contribution in [1.29, 1.82) is 0 Å². The summed E-state index contributed by atoms with van der Waals surface area (Å²) in [5.74, 6) is -5.17. The number of ketones is 2. The lowest BCUT2D eigenvalue weighted by Crippen LogP contribution is -2.26. The highest BCUT2D eigenvalue weighted by Gasteiger charge is 2.33. The van der Waals surface area contributed by atoms with Gasteiger partial charge >= 0.3 is 5.92 Å². The number of furan rings is 1. The molecule has 1 heterocycles. The standard InChI is InChI=1S/C10H10F2O3/c1-6-3-4-8(15-6)7(13)5-9(14)10(2,11)12/h3-4H,5H2,1-2H3. The lowest BCUT2D eigenvalue weighted by molar-refractivity contribution is -0.139. The third-order valence-electron chi connectivity index (χ3n) is 1.83. The van der Waals surface area contributed by atoms with Crippen molar-refractivity contribution in [2.75, 3.05) is 0 Å². The first-order valence-corrected chi connectivity index (χ1v) is 4.31. The van der Waals surface area contributed by atoms with Crippen LogP contribution < -0.4 is 0 Å². The second-order valence-electron chi connectivity index (χ2n) is 3.32. The van der Waals surface area contributed by atoms with Crippen LogP contribution in [0.25, 0.3) is 0 Å². The minimum Gasteiger partial charge on any atom is -0.458 e. The molecule has 1 rings (SSSR count). The molecule has 82 valence electrons. The van der Waals surface area contributed by atoms with Gasteiger partial charge in [0.2, 0.25) is 11.6 Å². The fourth-order valence-electron chi connectivity index (χ4n) is 0.973. The molecule has 0 aliphatic rings. The van der Waals surface area contributed by atoms with Crippen molar-refractivity contribution in [2.24, 2.45) is 0 Å². The number of Topliss-reactive ketones (excluding diaryl/α,β-unsaturated/α-hetero) is 2. The van der Waals surface area contributed by atoms with Gasteiger partial charge in [-0.25, -0.2) is 0 Å². The lowest BCUT2D eigenvalue weighted by atomic mass is 10.1. The molecule has 0 saturated carbocycles. The van der Waals surface area contributed by atoms with Crippen molar-refractivity contribution in [1.82, 2.24) is 0 Å². The second-order valence-corrected chi connectivity index (χ2v) is 3.32. The molecule has 0 bridgehead atoms. The van der Waals surface area contributed by atoms with E-state index in [2.05, 4.69) is 0 Å². The third-order valence-corrected chi connectivity index (χ3v) is 1.83. The molecule has 0 N–H and O–H groups in total. The van der Waals surface area contributed by atoms with Gasteiger partial charge in [-0.1, -0.05) is 0 Å². The molecule has 3 nitrogen and oxygen atoms in total. The van der Waals surface area contributed by atoms with Crippen molar-refractivity contribution in [3.05, 3.63) is 23.7 Å². The van der Waals surface area contributed by atoms with E-state index in [9.17, 15) is 18.4 Å². The quantitative estimate of drug-likeness (QED) is 0.573. The van der Waals surface area contributed by atoms with Crippen LogP contribution in [0.4, 0.5) is 8.78 Å². The SMILES string of the molecule is Cc1ccc(C(=O)CC(=O)C(C)(F)F)o1. The highest BCUT2D eigenvalue weighted by molar-refractivity contribution is 6.08. The maximum Gasteiger partial charge on any atom is 0.303 e. The fourth-order valence-corrected chi connectivity index (χ4v) is 0.973. The summed E-state index contributed by atoms with van der Waals surface area (Å²) < 4.78 is 29.8. The molecule has 0 aliphatic heterocycles. The van der Waals surface area contributed by atoms with Crippen LogP contribution >= 0.6 is 0 Å². The van der Waals surface area contributed by atoms with Crippen LogP contribution in [0.3, 0.4) is 0 Å². The van der Waals surface area contributed by atoms with Crippen LogP contribution in [-0.4, -0.2) is 17.5 Å². The maximum absolute atomic E-state index is 12.5. The number of carbonyl (C=O) groups is 2. The van der Waals surface area contributed by atoms with E-state index in [1.165, 1.54) is 12.1 Å². The molecule has 0 amide bonds. The molecule has 0 atom stereocenters. The monoisotopic (exact) mass is 216 g/mol. The molecule has 0 spiro atoms. The van der Waals surface area contributed by atoms with Gasteiger partial charge in [0.15, 0.2) is 5.76 Å². The third kappa shape index (κ3) is 2.97. The van der Waals surface area contributed by atoms with Crippen molar-refractivity contribution < 1.29 is 22.8 Å². The zero-order chi connectivity index (χ0) is 11.6. The average molecular weight is 216 g/mol. The summed E-state index contributed by atoms with van der Waals surface area (Å²) in [4.78, 5) is 22.1. The van der Waals surface area contributed by atoms with Crippen LogP contribution in [0.5, 0.6) is 0 Å². The number of alkyl halides is 2. The Balaban J connectivity index is 2.69. The molecule has 15 heavy (non-hydrogen) atoms. The lowest BCUT2D eigenvalue weighted by Gasteiger charge is -2.06. The van der Waals surface area contributed by atoms with E-state index in [0.717, 1.165) is 0 Å². The van der Waals surface area contributed by atoms with Gasteiger partial charge in [0.05, 0.1) is 6.42 Å². The zero-order valence-corrected chi connectivity index (χ0v) is 8.34. The normalized spacial score (nSPS) is 11.5. The van der Waals surface area contributed by atoms with Gasteiger partial charge in [0.1, 0.15) is 5.76 Å². The number of aryl methyl sites for hydroxylation is 1. The molecule has 0 fully saturated rings. The molecule has 1 aromatic heterocycles. The predicted octanol–water partition coefficient (Wildman–Crippen LogP) is 2.39. The Morgan fingerprint density at radius 3 is 2.40 bits per heavy atom. The van der Waals surface area contributed by atoms with Crippen LogP contribution in [-0.2, 0) is 4.79 Å². The summed E-state index contributed by atoms with van der Waals surface area (Å²) in [5, 5.41) is 0. The van der Waals surface area contributed by atoms with Crippen molar-refractivity contribution >= 4 is 11.6 Å². The first kappa shape index (κ1) is 11.6. The molecule has 0 saturated heterocycles. The van der Waals surface area contributed by atoms with Crippen LogP contribution in [0.1, 0.15) is 29.7 Å². The highest BCUT2D eigenvalue weighted by atomic mass is 19.3. The number of hydrogen-bond acceptors (Lipinski definition) is 3. The van der Waals surface area contributed by atoms with Crippen LogP contribution in [0.15, 0.2) is 16.5 Å². The topological polar surface area (TPSA) is 47.3 Å². The Hall–Kier alpha value is -1.52. The van der Waals surface area contributed by atoms with Gasteiger partial charge in [-0.15, -0.1) is 0 Å². The maximum atomic E-state index is 12.5. The Labute approximate surface area is 85.1 Å². The van der Waals surface area contributed by atoms with E-state index in [0.29, 0.717) is 12.7 Å². The fraction of sp³-hybridized carbons (Fsp3) is 0.400.